The first-order valence-corrected chi connectivity index (χ1v) is 5.43. The second-order valence-corrected chi connectivity index (χ2v) is 3.74. The molecule has 0 saturated heterocycles. The van der Waals surface area contributed by atoms with Crippen LogP contribution in [-0.4, -0.2) is 17.6 Å². The van der Waals surface area contributed by atoms with Crippen LogP contribution in [0, 0.1) is 0 Å². The lowest BCUT2D eigenvalue weighted by Crippen LogP contribution is -2.21. The molecule has 0 radical (unpaired) electrons. The Bertz CT molecular complexity index is 362. The number of esters is 1. The predicted molar refractivity (Wildman–Crippen MR) is 56.5 cm³/mol. The van der Waals surface area contributed by atoms with Crippen LogP contribution in [0.1, 0.15) is 36.9 Å². The Labute approximate surface area is 89.5 Å². The summed E-state index contributed by atoms with van der Waals surface area (Å²) < 4.78 is 5.06. The zero-order valence-corrected chi connectivity index (χ0v) is 8.90. The fraction of sp³-hybridized carbons (Fsp3) is 0.500. The van der Waals surface area contributed by atoms with Crippen LogP contribution in [0.5, 0.6) is 0 Å². The third kappa shape index (κ3) is 2.01. The lowest BCUT2D eigenvalue weighted by atomic mass is 9.87. The molecule has 1 aliphatic carbocycles. The fourth-order valence-electron chi connectivity index (χ4n) is 2.08. The Morgan fingerprint density at radius 3 is 3.33 bits per heavy atom. The number of fused-ring (bicyclic) bond motifs is 1. The fourth-order valence-corrected chi connectivity index (χ4v) is 2.08. The van der Waals surface area contributed by atoms with E-state index in [1.54, 1.807) is 6.20 Å². The summed E-state index contributed by atoms with van der Waals surface area (Å²) in [5.41, 5.74) is 2.11. The number of aromatic nitrogens is 1. The largest absolute Gasteiger partial charge is 0.465 e. The van der Waals surface area contributed by atoms with Gasteiger partial charge in [0.2, 0.25) is 0 Å². The topological polar surface area (TPSA) is 39.2 Å². The molecule has 1 heterocycles. The van der Waals surface area contributed by atoms with Crippen LogP contribution >= 0.6 is 0 Å². The Hall–Kier alpha value is -1.38. The zero-order chi connectivity index (χ0) is 10.7. The molecule has 0 amide bonds. The quantitative estimate of drug-likeness (QED) is 0.694. The van der Waals surface area contributed by atoms with Gasteiger partial charge in [-0.3, -0.25) is 9.78 Å². The summed E-state index contributed by atoms with van der Waals surface area (Å²) in [5, 5.41) is 0. The van der Waals surface area contributed by atoms with Crippen molar-refractivity contribution in [2.24, 2.45) is 0 Å². The molecule has 1 aromatic heterocycles. The standard InChI is InChI=1S/C12H15NO2/c1-2-15-12(14)10-7-3-5-9-6-4-8-13-11(9)10/h4,6,8,10H,2-3,5,7H2,1H3/t10-/m0/s1. The van der Waals surface area contributed by atoms with Crippen molar-refractivity contribution >= 4 is 5.97 Å². The number of hydrogen-bond acceptors (Lipinski definition) is 3. The van der Waals surface area contributed by atoms with Gasteiger partial charge in [0.1, 0.15) is 0 Å². The minimum absolute atomic E-state index is 0.128. The summed E-state index contributed by atoms with van der Waals surface area (Å²) in [6, 6.07) is 3.97. The van der Waals surface area contributed by atoms with Crippen molar-refractivity contribution in [2.75, 3.05) is 6.61 Å². The number of pyridine rings is 1. The van der Waals surface area contributed by atoms with Gasteiger partial charge in [-0.15, -0.1) is 0 Å². The first-order chi connectivity index (χ1) is 7.33. The summed E-state index contributed by atoms with van der Waals surface area (Å²) in [7, 11) is 0. The average Bonchev–Trinajstić information content (AvgIpc) is 2.28. The molecule has 3 nitrogen and oxygen atoms in total. The van der Waals surface area contributed by atoms with E-state index in [9.17, 15) is 4.79 Å². The molecule has 1 aromatic rings. The third-order valence-electron chi connectivity index (χ3n) is 2.77. The van der Waals surface area contributed by atoms with Crippen LogP contribution in [0.25, 0.3) is 0 Å². The maximum absolute atomic E-state index is 11.7. The van der Waals surface area contributed by atoms with Crippen molar-refractivity contribution in [1.82, 2.24) is 4.98 Å². The number of nitrogens with zero attached hydrogens (tertiary/aromatic N) is 1. The maximum atomic E-state index is 11.7. The molecule has 0 saturated carbocycles. The van der Waals surface area contributed by atoms with Gasteiger partial charge in [0.25, 0.3) is 0 Å². The van der Waals surface area contributed by atoms with Crippen LogP contribution in [0.15, 0.2) is 18.3 Å². The molecular weight excluding hydrogens is 190 g/mol. The van der Waals surface area contributed by atoms with Crippen molar-refractivity contribution in [2.45, 2.75) is 32.1 Å². The molecule has 0 bridgehead atoms. The number of carbonyl (C=O) groups excluding carboxylic acids is 1. The van der Waals surface area contributed by atoms with E-state index in [2.05, 4.69) is 4.98 Å². The van der Waals surface area contributed by atoms with Gasteiger partial charge in [-0.2, -0.15) is 0 Å². The highest BCUT2D eigenvalue weighted by molar-refractivity contribution is 5.78. The van der Waals surface area contributed by atoms with Crippen LogP contribution in [0.2, 0.25) is 0 Å². The van der Waals surface area contributed by atoms with Gasteiger partial charge >= 0.3 is 5.97 Å². The maximum Gasteiger partial charge on any atom is 0.315 e. The van der Waals surface area contributed by atoms with Gasteiger partial charge in [-0.25, -0.2) is 0 Å². The van der Waals surface area contributed by atoms with Crippen molar-refractivity contribution in [3.8, 4) is 0 Å². The van der Waals surface area contributed by atoms with Gasteiger partial charge in [-0.05, 0) is 37.8 Å². The van der Waals surface area contributed by atoms with Gasteiger partial charge in [0, 0.05) is 6.20 Å². The molecule has 15 heavy (non-hydrogen) atoms. The van der Waals surface area contributed by atoms with E-state index in [0.29, 0.717) is 6.61 Å². The molecule has 0 fully saturated rings. The SMILES string of the molecule is CCOC(=O)[C@H]1CCCc2cccnc21. The van der Waals surface area contributed by atoms with E-state index in [-0.39, 0.29) is 11.9 Å². The molecule has 0 unspecified atom stereocenters. The minimum atomic E-state index is -0.144. The lowest BCUT2D eigenvalue weighted by Gasteiger charge is -2.22. The van der Waals surface area contributed by atoms with Crippen LogP contribution < -0.4 is 0 Å². The molecule has 0 aromatic carbocycles. The second-order valence-electron chi connectivity index (χ2n) is 3.74. The summed E-state index contributed by atoms with van der Waals surface area (Å²) in [6.45, 7) is 2.28. The van der Waals surface area contributed by atoms with Crippen molar-refractivity contribution in [3.05, 3.63) is 29.6 Å². The van der Waals surface area contributed by atoms with Crippen molar-refractivity contribution in [1.29, 1.82) is 0 Å². The molecule has 0 spiro atoms. The molecular formula is C12H15NO2. The van der Waals surface area contributed by atoms with E-state index in [1.165, 1.54) is 5.56 Å². The summed E-state index contributed by atoms with van der Waals surface area (Å²) >= 11 is 0. The van der Waals surface area contributed by atoms with E-state index in [0.717, 1.165) is 25.0 Å². The predicted octanol–water partition coefficient (Wildman–Crippen LogP) is 2.06. The van der Waals surface area contributed by atoms with Gasteiger partial charge < -0.3 is 4.74 Å². The van der Waals surface area contributed by atoms with E-state index in [4.69, 9.17) is 4.74 Å². The smallest absolute Gasteiger partial charge is 0.315 e. The van der Waals surface area contributed by atoms with Gasteiger partial charge in [0.15, 0.2) is 0 Å². The highest BCUT2D eigenvalue weighted by Gasteiger charge is 2.28. The summed E-state index contributed by atoms with van der Waals surface area (Å²) in [4.78, 5) is 16.0. The number of aryl methyl sites for hydroxylation is 1. The van der Waals surface area contributed by atoms with Crippen molar-refractivity contribution < 1.29 is 9.53 Å². The monoisotopic (exact) mass is 205 g/mol. The highest BCUT2D eigenvalue weighted by Crippen LogP contribution is 2.30. The normalized spacial score (nSPS) is 19.4. The minimum Gasteiger partial charge on any atom is -0.465 e. The summed E-state index contributed by atoms with van der Waals surface area (Å²) in [5.74, 6) is -0.271. The number of rotatable bonds is 2. The third-order valence-corrected chi connectivity index (χ3v) is 2.77. The Morgan fingerprint density at radius 1 is 1.67 bits per heavy atom. The Balaban J connectivity index is 2.25. The molecule has 1 atom stereocenters. The molecule has 1 aliphatic rings. The number of carbonyl (C=O) groups is 1. The first-order valence-electron chi connectivity index (χ1n) is 5.43. The average molecular weight is 205 g/mol. The van der Waals surface area contributed by atoms with Crippen LogP contribution in [-0.2, 0) is 16.0 Å². The zero-order valence-electron chi connectivity index (χ0n) is 8.90. The van der Waals surface area contributed by atoms with Gasteiger partial charge in [0.05, 0.1) is 18.2 Å². The summed E-state index contributed by atoms with van der Waals surface area (Å²) in [6.07, 6.45) is 4.68. The number of ether oxygens (including phenoxy) is 1. The van der Waals surface area contributed by atoms with Crippen LogP contribution in [0.3, 0.4) is 0 Å². The van der Waals surface area contributed by atoms with E-state index in [1.807, 2.05) is 19.1 Å². The molecule has 0 N–H and O–H groups in total. The highest BCUT2D eigenvalue weighted by atomic mass is 16.5. The first kappa shape index (κ1) is 10.1. The van der Waals surface area contributed by atoms with E-state index < -0.39 is 0 Å². The Morgan fingerprint density at radius 2 is 2.53 bits per heavy atom. The van der Waals surface area contributed by atoms with Crippen molar-refractivity contribution in [3.63, 3.8) is 0 Å². The molecule has 80 valence electrons. The van der Waals surface area contributed by atoms with Gasteiger partial charge in [-0.1, -0.05) is 6.07 Å². The molecule has 0 aliphatic heterocycles. The molecule has 2 rings (SSSR count). The Kier molecular flexibility index (Phi) is 2.99. The second kappa shape index (κ2) is 4.43. The van der Waals surface area contributed by atoms with Crippen LogP contribution in [0.4, 0.5) is 0 Å². The number of hydrogen-bond donors (Lipinski definition) is 0. The van der Waals surface area contributed by atoms with E-state index >= 15 is 0 Å². The lowest BCUT2D eigenvalue weighted by molar-refractivity contribution is -0.145. The molecule has 3 heteroatoms.